The van der Waals surface area contributed by atoms with Crippen molar-refractivity contribution in [2.45, 2.75) is 0 Å². The zero-order valence-electron chi connectivity index (χ0n) is 10.2. The number of rotatable bonds is 5. The molecule has 0 amide bonds. The van der Waals surface area contributed by atoms with Crippen molar-refractivity contribution in [2.75, 3.05) is 6.61 Å². The Labute approximate surface area is 125 Å². The second kappa shape index (κ2) is 7.03. The van der Waals surface area contributed by atoms with Gasteiger partial charge in [0.15, 0.2) is 12.4 Å². The van der Waals surface area contributed by atoms with Crippen molar-refractivity contribution in [3.63, 3.8) is 0 Å². The van der Waals surface area contributed by atoms with Crippen LogP contribution < -0.4 is 9.62 Å². The van der Waals surface area contributed by atoms with Gasteiger partial charge in [-0.05, 0) is 30.3 Å². The van der Waals surface area contributed by atoms with Crippen molar-refractivity contribution in [1.29, 1.82) is 0 Å². The molecule has 0 fully saturated rings. The van der Waals surface area contributed by atoms with E-state index in [1.54, 1.807) is 36.4 Å². The van der Waals surface area contributed by atoms with Gasteiger partial charge in [-0.15, -0.1) is 0 Å². The molecule has 2 aromatic rings. The van der Waals surface area contributed by atoms with E-state index < -0.39 is 5.97 Å². The normalized spacial score (nSPS) is 9.90. The van der Waals surface area contributed by atoms with Crippen molar-refractivity contribution >= 4 is 29.2 Å². The van der Waals surface area contributed by atoms with E-state index in [1.807, 2.05) is 6.07 Å². The van der Waals surface area contributed by atoms with E-state index in [1.165, 1.54) is 6.07 Å². The molecule has 0 unspecified atom stereocenters. The summed E-state index contributed by atoms with van der Waals surface area (Å²) in [5.41, 5.74) is 0. The lowest BCUT2D eigenvalue weighted by atomic mass is 10.3. The second-order valence-corrected chi connectivity index (χ2v) is 4.56. The summed E-state index contributed by atoms with van der Waals surface area (Å²) >= 11 is 11.6. The van der Waals surface area contributed by atoms with Gasteiger partial charge in [0.25, 0.3) is 0 Å². The topological polar surface area (TPSA) is 44.8 Å². The maximum atomic E-state index is 11.4. The van der Waals surface area contributed by atoms with E-state index in [9.17, 15) is 4.79 Å². The molecule has 0 saturated heterocycles. The van der Waals surface area contributed by atoms with Crippen LogP contribution in [0.3, 0.4) is 0 Å². The highest BCUT2D eigenvalue weighted by molar-refractivity contribution is 6.35. The summed E-state index contributed by atoms with van der Waals surface area (Å²) in [6.45, 7) is -0.325. The first-order valence-corrected chi connectivity index (χ1v) is 6.41. The summed E-state index contributed by atoms with van der Waals surface area (Å²) in [6.07, 6.45) is 0. The average molecular weight is 313 g/mol. The zero-order valence-corrected chi connectivity index (χ0v) is 11.7. The SMILES string of the molecule is O=C(COc1ccc(Cl)cc1Cl)OOc1ccccc1. The molecule has 20 heavy (non-hydrogen) atoms. The molecule has 0 N–H and O–H groups in total. The summed E-state index contributed by atoms with van der Waals surface area (Å²) in [4.78, 5) is 20.8. The predicted molar refractivity (Wildman–Crippen MR) is 75.1 cm³/mol. The molecular formula is C14H10Cl2O4. The third-order valence-electron chi connectivity index (χ3n) is 2.21. The van der Waals surface area contributed by atoms with Crippen LogP contribution in [-0.4, -0.2) is 12.6 Å². The van der Waals surface area contributed by atoms with E-state index in [0.717, 1.165) is 0 Å². The fraction of sp³-hybridized carbons (Fsp3) is 0.0714. The van der Waals surface area contributed by atoms with Gasteiger partial charge in [-0.25, -0.2) is 9.68 Å². The molecule has 0 aromatic heterocycles. The largest absolute Gasteiger partial charge is 0.480 e. The first-order valence-electron chi connectivity index (χ1n) is 5.65. The van der Waals surface area contributed by atoms with Gasteiger partial charge in [0.1, 0.15) is 5.75 Å². The summed E-state index contributed by atoms with van der Waals surface area (Å²) in [5.74, 6) is 0.0815. The van der Waals surface area contributed by atoms with E-state index >= 15 is 0 Å². The molecular weight excluding hydrogens is 303 g/mol. The predicted octanol–water partition coefficient (Wildman–Crippen LogP) is 3.91. The third-order valence-corrected chi connectivity index (χ3v) is 2.74. The Hall–Kier alpha value is -1.91. The molecule has 2 rings (SSSR count). The Morgan fingerprint density at radius 1 is 1.05 bits per heavy atom. The molecule has 4 nitrogen and oxygen atoms in total. The highest BCUT2D eigenvalue weighted by Gasteiger charge is 2.09. The maximum absolute atomic E-state index is 11.4. The van der Waals surface area contributed by atoms with Crippen molar-refractivity contribution in [1.82, 2.24) is 0 Å². The number of para-hydroxylation sites is 1. The van der Waals surface area contributed by atoms with Gasteiger partial charge < -0.3 is 4.74 Å². The van der Waals surface area contributed by atoms with E-state index in [4.69, 9.17) is 32.8 Å². The van der Waals surface area contributed by atoms with Gasteiger partial charge >= 0.3 is 5.97 Å². The molecule has 0 bridgehead atoms. The fourth-order valence-electron chi connectivity index (χ4n) is 1.32. The van der Waals surface area contributed by atoms with Crippen LogP contribution in [0, 0.1) is 0 Å². The number of carbonyl (C=O) groups excluding carboxylic acids is 1. The summed E-state index contributed by atoms with van der Waals surface area (Å²) in [5, 5.41) is 0.798. The number of benzene rings is 2. The summed E-state index contributed by atoms with van der Waals surface area (Å²) < 4.78 is 5.20. The van der Waals surface area contributed by atoms with Crippen LogP contribution >= 0.6 is 23.2 Å². The molecule has 0 aliphatic rings. The lowest BCUT2D eigenvalue weighted by molar-refractivity contribution is -0.215. The molecule has 0 aliphatic heterocycles. The van der Waals surface area contributed by atoms with Crippen LogP contribution in [0.5, 0.6) is 11.5 Å². The summed E-state index contributed by atoms with van der Waals surface area (Å²) in [6, 6.07) is 13.3. The van der Waals surface area contributed by atoms with Crippen molar-refractivity contribution in [3.8, 4) is 11.5 Å². The molecule has 0 spiro atoms. The minimum absolute atomic E-state index is 0.314. The van der Waals surface area contributed by atoms with Gasteiger partial charge in [0, 0.05) is 5.02 Å². The number of ether oxygens (including phenoxy) is 1. The Balaban J connectivity index is 1.80. The summed E-state index contributed by atoms with van der Waals surface area (Å²) in [7, 11) is 0. The van der Waals surface area contributed by atoms with Gasteiger partial charge in [-0.1, -0.05) is 41.4 Å². The van der Waals surface area contributed by atoms with E-state index in [0.29, 0.717) is 21.5 Å². The molecule has 0 saturated carbocycles. The Morgan fingerprint density at radius 3 is 2.50 bits per heavy atom. The quantitative estimate of drug-likeness (QED) is 0.620. The maximum Gasteiger partial charge on any atom is 0.392 e. The third kappa shape index (κ3) is 4.33. The van der Waals surface area contributed by atoms with Gasteiger partial charge in [-0.3, -0.25) is 4.89 Å². The second-order valence-electron chi connectivity index (χ2n) is 3.72. The van der Waals surface area contributed by atoms with E-state index in [2.05, 4.69) is 4.89 Å². The first kappa shape index (κ1) is 14.5. The Morgan fingerprint density at radius 2 is 1.80 bits per heavy atom. The fourth-order valence-corrected chi connectivity index (χ4v) is 1.79. The Kier molecular flexibility index (Phi) is 5.09. The molecule has 0 aliphatic carbocycles. The minimum Gasteiger partial charge on any atom is -0.480 e. The monoisotopic (exact) mass is 312 g/mol. The smallest absolute Gasteiger partial charge is 0.392 e. The molecule has 6 heteroatoms. The average Bonchev–Trinajstić information content (AvgIpc) is 2.45. The Bertz CT molecular complexity index is 587. The van der Waals surface area contributed by atoms with Crippen molar-refractivity contribution in [3.05, 3.63) is 58.6 Å². The van der Waals surface area contributed by atoms with Gasteiger partial charge in [0.05, 0.1) is 5.02 Å². The van der Waals surface area contributed by atoms with Crippen LogP contribution in [-0.2, 0) is 9.68 Å². The van der Waals surface area contributed by atoms with Gasteiger partial charge in [0.2, 0.25) is 0 Å². The molecule has 0 radical (unpaired) electrons. The molecule has 104 valence electrons. The number of hydrogen-bond acceptors (Lipinski definition) is 4. The van der Waals surface area contributed by atoms with Crippen molar-refractivity contribution < 1.29 is 19.3 Å². The number of hydrogen-bond donors (Lipinski definition) is 0. The van der Waals surface area contributed by atoms with Crippen LogP contribution in [0.2, 0.25) is 10.0 Å². The van der Waals surface area contributed by atoms with Crippen LogP contribution in [0.4, 0.5) is 0 Å². The van der Waals surface area contributed by atoms with Crippen LogP contribution in [0.25, 0.3) is 0 Å². The lowest BCUT2D eigenvalue weighted by Gasteiger charge is -2.07. The first-order chi connectivity index (χ1) is 9.65. The van der Waals surface area contributed by atoms with Crippen LogP contribution in [0.1, 0.15) is 0 Å². The van der Waals surface area contributed by atoms with Gasteiger partial charge in [-0.2, -0.15) is 0 Å². The number of carbonyl (C=O) groups is 1. The standard InChI is InChI=1S/C14H10Cl2O4/c15-10-6-7-13(12(16)8-10)18-9-14(17)20-19-11-4-2-1-3-5-11/h1-8H,9H2. The number of halogens is 2. The highest BCUT2D eigenvalue weighted by Crippen LogP contribution is 2.27. The molecule has 0 heterocycles. The van der Waals surface area contributed by atoms with E-state index in [-0.39, 0.29) is 6.61 Å². The minimum atomic E-state index is -0.681. The lowest BCUT2D eigenvalue weighted by Crippen LogP contribution is -2.16. The molecule has 0 atom stereocenters. The zero-order chi connectivity index (χ0) is 14.4. The van der Waals surface area contributed by atoms with Crippen LogP contribution in [0.15, 0.2) is 48.5 Å². The highest BCUT2D eigenvalue weighted by atomic mass is 35.5. The molecule has 2 aromatic carbocycles. The van der Waals surface area contributed by atoms with Crippen molar-refractivity contribution in [2.24, 2.45) is 0 Å².